The SMILES string of the molecule is CCN(CC)C(=O)c1ccc2c(=O)n(-c3cc(OC)cc(OC)c3)c(SCc3cccc(C)c3)nc2c1. The molecule has 4 aromatic rings. The van der Waals surface area contributed by atoms with Crippen LogP contribution in [-0.4, -0.2) is 47.7 Å². The van der Waals surface area contributed by atoms with Gasteiger partial charge in [-0.25, -0.2) is 4.98 Å². The molecule has 0 fully saturated rings. The Hall–Kier alpha value is -3.78. The fourth-order valence-electron chi connectivity index (χ4n) is 4.19. The van der Waals surface area contributed by atoms with Crippen LogP contribution in [0.1, 0.15) is 35.3 Å². The molecular weight excluding hydrogens is 486 g/mol. The highest BCUT2D eigenvalue weighted by Crippen LogP contribution is 2.29. The lowest BCUT2D eigenvalue weighted by Gasteiger charge is -2.19. The second kappa shape index (κ2) is 11.5. The van der Waals surface area contributed by atoms with Crippen molar-refractivity contribution in [3.8, 4) is 17.2 Å². The number of ether oxygens (including phenoxy) is 2. The molecule has 0 N–H and O–H groups in total. The average Bonchev–Trinajstić information content (AvgIpc) is 2.91. The molecule has 4 rings (SSSR count). The van der Waals surface area contributed by atoms with E-state index in [0.29, 0.717) is 57.7 Å². The first-order valence-corrected chi connectivity index (χ1v) is 13.1. The van der Waals surface area contributed by atoms with Crippen molar-refractivity contribution in [2.45, 2.75) is 31.7 Å². The summed E-state index contributed by atoms with van der Waals surface area (Å²) in [6.07, 6.45) is 0. The fraction of sp³-hybridized carbons (Fsp3) is 0.276. The second-order valence-electron chi connectivity index (χ2n) is 8.59. The van der Waals surface area contributed by atoms with Gasteiger partial charge in [0.1, 0.15) is 11.5 Å². The molecule has 0 unspecified atom stereocenters. The van der Waals surface area contributed by atoms with Crippen LogP contribution < -0.4 is 15.0 Å². The van der Waals surface area contributed by atoms with Crippen LogP contribution in [0.4, 0.5) is 0 Å². The zero-order chi connectivity index (χ0) is 26.5. The lowest BCUT2D eigenvalue weighted by atomic mass is 10.1. The third-order valence-corrected chi connectivity index (χ3v) is 7.19. The van der Waals surface area contributed by atoms with E-state index >= 15 is 0 Å². The van der Waals surface area contributed by atoms with Crippen molar-refractivity contribution in [3.05, 3.63) is 87.7 Å². The van der Waals surface area contributed by atoms with Crippen LogP contribution >= 0.6 is 11.8 Å². The summed E-state index contributed by atoms with van der Waals surface area (Å²) in [5.74, 6) is 1.68. The summed E-state index contributed by atoms with van der Waals surface area (Å²) in [5.41, 5.74) is 3.65. The number of methoxy groups -OCH3 is 2. The minimum absolute atomic E-state index is 0.0793. The van der Waals surface area contributed by atoms with Crippen LogP contribution in [0.15, 0.2) is 70.6 Å². The molecule has 0 aliphatic carbocycles. The number of hydrogen-bond acceptors (Lipinski definition) is 6. The van der Waals surface area contributed by atoms with Crippen molar-refractivity contribution in [1.29, 1.82) is 0 Å². The number of thioether (sulfide) groups is 1. The van der Waals surface area contributed by atoms with Gasteiger partial charge < -0.3 is 14.4 Å². The lowest BCUT2D eigenvalue weighted by molar-refractivity contribution is 0.0773. The van der Waals surface area contributed by atoms with Gasteiger partial charge in [-0.1, -0.05) is 41.6 Å². The van der Waals surface area contributed by atoms with Crippen LogP contribution in [0.5, 0.6) is 11.5 Å². The third kappa shape index (κ3) is 5.64. The molecule has 0 radical (unpaired) electrons. The van der Waals surface area contributed by atoms with Gasteiger partial charge in [-0.3, -0.25) is 14.2 Å². The first-order valence-electron chi connectivity index (χ1n) is 12.2. The normalized spacial score (nSPS) is 10.9. The summed E-state index contributed by atoms with van der Waals surface area (Å²) >= 11 is 1.46. The van der Waals surface area contributed by atoms with E-state index in [1.807, 2.05) is 19.9 Å². The van der Waals surface area contributed by atoms with Crippen LogP contribution in [0.2, 0.25) is 0 Å². The summed E-state index contributed by atoms with van der Waals surface area (Å²) < 4.78 is 12.5. The Morgan fingerprint density at radius 1 is 0.973 bits per heavy atom. The maximum atomic E-state index is 13.9. The Labute approximate surface area is 221 Å². The maximum Gasteiger partial charge on any atom is 0.266 e. The van der Waals surface area contributed by atoms with Crippen molar-refractivity contribution in [3.63, 3.8) is 0 Å². The summed E-state index contributed by atoms with van der Waals surface area (Å²) in [6, 6.07) is 18.7. The van der Waals surface area contributed by atoms with Gasteiger partial charge in [-0.15, -0.1) is 0 Å². The Bertz CT molecular complexity index is 1470. The van der Waals surface area contributed by atoms with Gasteiger partial charge in [0, 0.05) is 42.6 Å². The molecule has 1 amide bonds. The van der Waals surface area contributed by atoms with Gasteiger partial charge in [0.15, 0.2) is 5.16 Å². The van der Waals surface area contributed by atoms with Crippen molar-refractivity contribution >= 4 is 28.6 Å². The minimum Gasteiger partial charge on any atom is -0.497 e. The molecule has 1 heterocycles. The number of nitrogens with zero attached hydrogens (tertiary/aromatic N) is 3. The van der Waals surface area contributed by atoms with Crippen LogP contribution in [0.3, 0.4) is 0 Å². The van der Waals surface area contributed by atoms with Crippen molar-refractivity contribution in [2.24, 2.45) is 0 Å². The topological polar surface area (TPSA) is 73.7 Å². The first kappa shape index (κ1) is 26.3. The van der Waals surface area contributed by atoms with Gasteiger partial charge in [0.25, 0.3) is 11.5 Å². The molecular formula is C29H31N3O4S. The van der Waals surface area contributed by atoms with E-state index in [2.05, 4.69) is 25.1 Å². The first-order chi connectivity index (χ1) is 17.9. The van der Waals surface area contributed by atoms with Gasteiger partial charge in [-0.05, 0) is 44.5 Å². The van der Waals surface area contributed by atoms with Gasteiger partial charge in [0.05, 0.1) is 30.8 Å². The molecule has 8 heteroatoms. The molecule has 0 aliphatic heterocycles. The fourth-order valence-corrected chi connectivity index (χ4v) is 5.14. The van der Waals surface area contributed by atoms with E-state index in [-0.39, 0.29) is 11.5 Å². The molecule has 1 aromatic heterocycles. The predicted molar refractivity (Wildman–Crippen MR) is 148 cm³/mol. The van der Waals surface area contributed by atoms with Crippen molar-refractivity contribution in [1.82, 2.24) is 14.5 Å². The number of rotatable bonds is 9. The van der Waals surface area contributed by atoms with Crippen molar-refractivity contribution in [2.75, 3.05) is 27.3 Å². The van der Waals surface area contributed by atoms with E-state index in [1.54, 1.807) is 60.1 Å². The van der Waals surface area contributed by atoms with Crippen LogP contribution in [-0.2, 0) is 5.75 Å². The standard InChI is InChI=1S/C29H31N3O4S/c1-6-31(7-2)27(33)21-11-12-25-26(14-21)30-29(37-18-20-10-8-9-19(3)13-20)32(28(25)34)22-15-23(35-4)17-24(16-22)36-5/h8-17H,6-7,18H2,1-5H3. The summed E-state index contributed by atoms with van der Waals surface area (Å²) in [6.45, 7) is 7.16. The van der Waals surface area contributed by atoms with Crippen LogP contribution in [0, 0.1) is 6.92 Å². The van der Waals surface area contributed by atoms with E-state index in [1.165, 1.54) is 17.3 Å². The summed E-state index contributed by atoms with van der Waals surface area (Å²) in [7, 11) is 3.14. The lowest BCUT2D eigenvalue weighted by Crippen LogP contribution is -2.30. The Morgan fingerprint density at radius 3 is 2.30 bits per heavy atom. The number of hydrogen-bond donors (Lipinski definition) is 0. The molecule has 37 heavy (non-hydrogen) atoms. The molecule has 0 saturated heterocycles. The number of carbonyl (C=O) groups excluding carboxylic acids is 1. The molecule has 0 bridgehead atoms. The molecule has 0 spiro atoms. The Balaban J connectivity index is 1.89. The number of aromatic nitrogens is 2. The number of benzene rings is 3. The zero-order valence-corrected chi connectivity index (χ0v) is 22.6. The Morgan fingerprint density at radius 2 is 1.68 bits per heavy atom. The average molecular weight is 518 g/mol. The van der Waals surface area contributed by atoms with Crippen molar-refractivity contribution < 1.29 is 14.3 Å². The Kier molecular flexibility index (Phi) is 8.18. The van der Waals surface area contributed by atoms with E-state index in [4.69, 9.17) is 14.5 Å². The zero-order valence-electron chi connectivity index (χ0n) is 21.8. The molecule has 192 valence electrons. The van der Waals surface area contributed by atoms with Gasteiger partial charge >= 0.3 is 0 Å². The predicted octanol–water partition coefficient (Wildman–Crippen LogP) is 5.49. The summed E-state index contributed by atoms with van der Waals surface area (Å²) in [5, 5.41) is 0.944. The van der Waals surface area contributed by atoms with E-state index < -0.39 is 0 Å². The largest absolute Gasteiger partial charge is 0.497 e. The third-order valence-electron chi connectivity index (χ3n) is 6.18. The highest BCUT2D eigenvalue weighted by atomic mass is 32.2. The smallest absolute Gasteiger partial charge is 0.266 e. The second-order valence-corrected chi connectivity index (χ2v) is 9.54. The maximum absolute atomic E-state index is 13.9. The number of carbonyl (C=O) groups is 1. The number of fused-ring (bicyclic) bond motifs is 1. The number of amides is 1. The van der Waals surface area contributed by atoms with Crippen LogP contribution in [0.25, 0.3) is 16.6 Å². The molecule has 0 aliphatic rings. The molecule has 3 aromatic carbocycles. The highest BCUT2D eigenvalue weighted by molar-refractivity contribution is 7.98. The van der Waals surface area contributed by atoms with Gasteiger partial charge in [-0.2, -0.15) is 0 Å². The summed E-state index contributed by atoms with van der Waals surface area (Å²) in [4.78, 5) is 33.5. The molecule has 0 atom stereocenters. The van der Waals surface area contributed by atoms with E-state index in [0.717, 1.165) is 5.56 Å². The highest BCUT2D eigenvalue weighted by Gasteiger charge is 2.18. The molecule has 0 saturated carbocycles. The van der Waals surface area contributed by atoms with E-state index in [9.17, 15) is 9.59 Å². The van der Waals surface area contributed by atoms with Gasteiger partial charge in [0.2, 0.25) is 0 Å². The quantitative estimate of drug-likeness (QED) is 0.216. The minimum atomic E-state index is -0.228. The molecule has 7 nitrogen and oxygen atoms in total. The monoisotopic (exact) mass is 517 g/mol. The number of aryl methyl sites for hydroxylation is 1.